The molecule has 3 aromatic rings. The Bertz CT molecular complexity index is 940. The van der Waals surface area contributed by atoms with Crippen LogP contribution in [0.4, 0.5) is 0 Å². The second kappa shape index (κ2) is 9.13. The van der Waals surface area contributed by atoms with Crippen LogP contribution in [-0.2, 0) is 6.54 Å². The number of hydrogen-bond acceptors (Lipinski definition) is 7. The average Bonchev–Trinajstić information content (AvgIpc) is 3.39. The lowest BCUT2D eigenvalue weighted by atomic mass is 10.0. The lowest BCUT2D eigenvalue weighted by Gasteiger charge is -2.13. The third-order valence-corrected chi connectivity index (χ3v) is 4.45. The predicted octanol–water partition coefficient (Wildman–Crippen LogP) is 2.69. The molecule has 0 aliphatic carbocycles. The molecule has 3 rings (SSSR count). The number of aromatic nitrogens is 3. The van der Waals surface area contributed by atoms with E-state index in [-0.39, 0.29) is 5.91 Å². The minimum atomic E-state index is -0.252. The normalized spacial score (nSPS) is 10.6. The second-order valence-electron chi connectivity index (χ2n) is 6.30. The maximum absolute atomic E-state index is 12.8. The van der Waals surface area contributed by atoms with Gasteiger partial charge in [0.15, 0.2) is 17.3 Å². The first-order valence-corrected chi connectivity index (χ1v) is 9.09. The van der Waals surface area contributed by atoms with Gasteiger partial charge in [-0.15, -0.1) is 0 Å². The molecular formula is C20H24N4O5. The van der Waals surface area contributed by atoms with Crippen LogP contribution in [0.1, 0.15) is 22.5 Å². The van der Waals surface area contributed by atoms with E-state index < -0.39 is 0 Å². The van der Waals surface area contributed by atoms with Crippen molar-refractivity contribution in [1.82, 2.24) is 20.0 Å². The van der Waals surface area contributed by atoms with Gasteiger partial charge in [-0.2, -0.15) is 0 Å². The molecule has 0 aliphatic rings. The van der Waals surface area contributed by atoms with Gasteiger partial charge in [0.2, 0.25) is 5.75 Å². The van der Waals surface area contributed by atoms with Crippen molar-refractivity contribution in [3.63, 3.8) is 0 Å². The number of benzene rings is 1. The van der Waals surface area contributed by atoms with Gasteiger partial charge < -0.3 is 28.6 Å². The summed E-state index contributed by atoms with van der Waals surface area (Å²) >= 11 is 0. The Morgan fingerprint density at radius 3 is 2.48 bits per heavy atom. The zero-order valence-corrected chi connectivity index (χ0v) is 16.9. The quantitative estimate of drug-likeness (QED) is 0.551. The largest absolute Gasteiger partial charge is 0.493 e. The number of aryl methyl sites for hydroxylation is 2. The number of imidazole rings is 1. The molecule has 0 unspecified atom stereocenters. The number of methoxy groups -OCH3 is 3. The van der Waals surface area contributed by atoms with Crippen LogP contribution in [-0.4, -0.2) is 48.5 Å². The van der Waals surface area contributed by atoms with Crippen molar-refractivity contribution < 1.29 is 23.5 Å². The minimum Gasteiger partial charge on any atom is -0.493 e. The summed E-state index contributed by atoms with van der Waals surface area (Å²) < 4.78 is 23.5. The van der Waals surface area contributed by atoms with E-state index in [0.717, 1.165) is 13.0 Å². The molecule has 1 aromatic carbocycles. The summed E-state index contributed by atoms with van der Waals surface area (Å²) in [5.41, 5.74) is 1.48. The van der Waals surface area contributed by atoms with E-state index in [2.05, 4.69) is 15.5 Å². The molecule has 0 saturated carbocycles. The van der Waals surface area contributed by atoms with E-state index in [9.17, 15) is 4.79 Å². The fourth-order valence-electron chi connectivity index (χ4n) is 3.02. The van der Waals surface area contributed by atoms with Gasteiger partial charge in [0, 0.05) is 31.0 Å². The molecule has 0 bridgehead atoms. The Kier molecular flexibility index (Phi) is 6.38. The monoisotopic (exact) mass is 400 g/mol. The van der Waals surface area contributed by atoms with E-state index in [4.69, 9.17) is 18.7 Å². The predicted molar refractivity (Wildman–Crippen MR) is 106 cm³/mol. The lowest BCUT2D eigenvalue weighted by molar-refractivity contribution is 0.0952. The van der Waals surface area contributed by atoms with Crippen LogP contribution >= 0.6 is 0 Å². The molecule has 2 heterocycles. The molecule has 1 amide bonds. The van der Waals surface area contributed by atoms with Crippen molar-refractivity contribution in [1.29, 1.82) is 0 Å². The molecular weight excluding hydrogens is 376 g/mol. The number of nitrogens with one attached hydrogen (secondary N) is 1. The molecule has 0 radical (unpaired) electrons. The number of carbonyl (C=O) groups excluding carboxylic acids is 1. The van der Waals surface area contributed by atoms with Gasteiger partial charge in [-0.05, 0) is 25.5 Å². The number of nitrogens with zero attached hydrogens (tertiary/aromatic N) is 3. The first-order valence-electron chi connectivity index (χ1n) is 9.09. The van der Waals surface area contributed by atoms with Crippen LogP contribution in [0.2, 0.25) is 0 Å². The molecule has 1 N–H and O–H groups in total. The molecule has 0 saturated heterocycles. The van der Waals surface area contributed by atoms with E-state index in [1.807, 2.05) is 10.8 Å². The summed E-state index contributed by atoms with van der Waals surface area (Å²) in [4.78, 5) is 16.8. The Balaban J connectivity index is 1.81. The standard InChI is InChI=1S/C20H24N4O5/c1-13-17(20(25)22-6-5-8-24-9-7-21-12-24)18(29-23-13)14-10-15(26-2)19(28-4)16(11-14)27-3/h7,9-12H,5-6,8H2,1-4H3,(H,22,25). The van der Waals surface area contributed by atoms with Crippen LogP contribution in [0, 0.1) is 6.92 Å². The van der Waals surface area contributed by atoms with Gasteiger partial charge in [0.05, 0.1) is 33.4 Å². The van der Waals surface area contributed by atoms with E-state index in [1.54, 1.807) is 31.6 Å². The Morgan fingerprint density at radius 1 is 1.17 bits per heavy atom. The van der Waals surface area contributed by atoms with Crippen molar-refractivity contribution in [3.05, 3.63) is 42.1 Å². The van der Waals surface area contributed by atoms with E-state index in [1.165, 1.54) is 21.3 Å². The van der Waals surface area contributed by atoms with Gasteiger partial charge in [-0.3, -0.25) is 4.79 Å². The zero-order chi connectivity index (χ0) is 20.8. The third-order valence-electron chi connectivity index (χ3n) is 4.45. The third kappa shape index (κ3) is 4.34. The second-order valence-corrected chi connectivity index (χ2v) is 6.30. The average molecular weight is 400 g/mol. The maximum atomic E-state index is 12.8. The zero-order valence-electron chi connectivity index (χ0n) is 16.9. The number of hydrogen-bond donors (Lipinski definition) is 1. The summed E-state index contributed by atoms with van der Waals surface area (Å²) in [6.07, 6.45) is 6.12. The summed E-state index contributed by atoms with van der Waals surface area (Å²) in [5.74, 6) is 1.47. The van der Waals surface area contributed by atoms with Crippen molar-refractivity contribution in [2.45, 2.75) is 19.9 Å². The lowest BCUT2D eigenvalue weighted by Crippen LogP contribution is -2.26. The highest BCUT2D eigenvalue weighted by molar-refractivity contribution is 6.00. The van der Waals surface area contributed by atoms with Gasteiger partial charge in [0.25, 0.3) is 5.91 Å². The molecule has 0 atom stereocenters. The van der Waals surface area contributed by atoms with Crippen LogP contribution < -0.4 is 19.5 Å². The number of carbonyl (C=O) groups is 1. The fraction of sp³-hybridized carbons (Fsp3) is 0.350. The molecule has 9 heteroatoms. The topological polar surface area (TPSA) is 101 Å². The summed E-state index contributed by atoms with van der Waals surface area (Å²) in [6.45, 7) is 3.00. The van der Waals surface area contributed by atoms with Crippen molar-refractivity contribution in [2.24, 2.45) is 0 Å². The molecule has 2 aromatic heterocycles. The first kappa shape index (κ1) is 20.2. The molecule has 154 valence electrons. The maximum Gasteiger partial charge on any atom is 0.257 e. The molecule has 0 aliphatic heterocycles. The van der Waals surface area contributed by atoms with Crippen molar-refractivity contribution in [2.75, 3.05) is 27.9 Å². The van der Waals surface area contributed by atoms with E-state index >= 15 is 0 Å². The molecule has 0 spiro atoms. The van der Waals surface area contributed by atoms with Gasteiger partial charge in [-0.1, -0.05) is 5.16 Å². The summed E-state index contributed by atoms with van der Waals surface area (Å²) in [6, 6.07) is 3.44. The van der Waals surface area contributed by atoms with Crippen LogP contribution in [0.25, 0.3) is 11.3 Å². The number of rotatable bonds is 9. The van der Waals surface area contributed by atoms with Crippen LogP contribution in [0.15, 0.2) is 35.4 Å². The summed E-state index contributed by atoms with van der Waals surface area (Å²) in [5, 5.41) is 6.89. The highest BCUT2D eigenvalue weighted by Gasteiger charge is 2.24. The SMILES string of the molecule is COc1cc(-c2onc(C)c2C(=O)NCCCn2ccnc2)cc(OC)c1OC. The molecule has 0 fully saturated rings. The Morgan fingerprint density at radius 2 is 1.90 bits per heavy atom. The highest BCUT2D eigenvalue weighted by atomic mass is 16.5. The number of amides is 1. The number of ether oxygens (including phenoxy) is 3. The highest BCUT2D eigenvalue weighted by Crippen LogP contribution is 2.42. The first-order chi connectivity index (χ1) is 14.1. The summed E-state index contributed by atoms with van der Waals surface area (Å²) in [7, 11) is 4.59. The van der Waals surface area contributed by atoms with Gasteiger partial charge in [0.1, 0.15) is 5.56 Å². The molecule has 9 nitrogen and oxygen atoms in total. The van der Waals surface area contributed by atoms with Crippen LogP contribution in [0.3, 0.4) is 0 Å². The van der Waals surface area contributed by atoms with E-state index in [0.29, 0.717) is 46.4 Å². The Hall–Kier alpha value is -3.49. The molecule has 29 heavy (non-hydrogen) atoms. The van der Waals surface area contributed by atoms with Crippen molar-refractivity contribution >= 4 is 5.91 Å². The van der Waals surface area contributed by atoms with Gasteiger partial charge in [-0.25, -0.2) is 4.98 Å². The Labute approximate surface area is 168 Å². The van der Waals surface area contributed by atoms with Crippen LogP contribution in [0.5, 0.6) is 17.2 Å². The van der Waals surface area contributed by atoms with Gasteiger partial charge >= 0.3 is 0 Å². The minimum absolute atomic E-state index is 0.252. The smallest absolute Gasteiger partial charge is 0.257 e. The fourth-order valence-corrected chi connectivity index (χ4v) is 3.02. The van der Waals surface area contributed by atoms with Crippen molar-refractivity contribution in [3.8, 4) is 28.6 Å².